The van der Waals surface area contributed by atoms with Gasteiger partial charge in [0.25, 0.3) is 11.5 Å². The summed E-state index contributed by atoms with van der Waals surface area (Å²) in [5.41, 5.74) is 8.27. The predicted octanol–water partition coefficient (Wildman–Crippen LogP) is 4.35. The topological polar surface area (TPSA) is 115 Å². The minimum atomic E-state index is -0.476. The van der Waals surface area contributed by atoms with Gasteiger partial charge in [-0.15, -0.1) is 6.58 Å². The van der Waals surface area contributed by atoms with Gasteiger partial charge in [0.2, 0.25) is 0 Å². The van der Waals surface area contributed by atoms with Crippen LogP contribution in [0.25, 0.3) is 16.3 Å². The zero-order valence-corrected chi connectivity index (χ0v) is 19.9. The normalized spacial score (nSPS) is 14.2. The third-order valence-electron chi connectivity index (χ3n) is 6.45. The third-order valence-corrected chi connectivity index (χ3v) is 6.45. The van der Waals surface area contributed by atoms with Crippen LogP contribution >= 0.6 is 0 Å². The fourth-order valence-electron chi connectivity index (χ4n) is 4.41. The van der Waals surface area contributed by atoms with E-state index in [0.717, 1.165) is 27.9 Å². The van der Waals surface area contributed by atoms with Gasteiger partial charge < -0.3 is 10.5 Å². The van der Waals surface area contributed by atoms with Crippen LogP contribution in [-0.2, 0) is 11.3 Å². The Bertz CT molecular complexity index is 1390. The molecule has 8 nitrogen and oxygen atoms in total. The average Bonchev–Trinajstić information content (AvgIpc) is 3.26. The molecule has 3 aromatic heterocycles. The summed E-state index contributed by atoms with van der Waals surface area (Å²) in [5, 5.41) is 12.7. The van der Waals surface area contributed by atoms with E-state index in [1.807, 2.05) is 36.5 Å². The maximum Gasteiger partial charge on any atom is 0.272 e. The molecule has 0 aliphatic heterocycles. The van der Waals surface area contributed by atoms with Crippen molar-refractivity contribution in [2.45, 2.75) is 45.1 Å². The lowest BCUT2D eigenvalue weighted by Gasteiger charge is -2.28. The highest BCUT2D eigenvalue weighted by molar-refractivity contribution is 5.99. The molecule has 1 aliphatic carbocycles. The lowest BCUT2D eigenvalue weighted by atomic mass is 9.78. The van der Waals surface area contributed by atoms with Crippen molar-refractivity contribution < 1.29 is 9.53 Å². The first-order valence-electron chi connectivity index (χ1n) is 11.9. The van der Waals surface area contributed by atoms with E-state index in [9.17, 15) is 9.59 Å². The number of hydrogen-bond acceptors (Lipinski definition) is 5. The Labute approximate surface area is 203 Å². The number of H-pyrrole nitrogens is 1. The maximum absolute atomic E-state index is 11.7. The van der Waals surface area contributed by atoms with E-state index < -0.39 is 5.91 Å². The van der Waals surface area contributed by atoms with Gasteiger partial charge in [0.05, 0.1) is 41.6 Å². The Morgan fingerprint density at radius 1 is 1.29 bits per heavy atom. The number of amides is 1. The minimum Gasteiger partial charge on any atom is -0.373 e. The van der Waals surface area contributed by atoms with Gasteiger partial charge in [0, 0.05) is 17.5 Å². The first-order chi connectivity index (χ1) is 17.0. The van der Waals surface area contributed by atoms with E-state index in [2.05, 4.69) is 28.8 Å². The second-order valence-electron chi connectivity index (χ2n) is 9.01. The van der Waals surface area contributed by atoms with Gasteiger partial charge in [-0.25, -0.2) is 9.61 Å². The molecule has 0 saturated heterocycles. The molecule has 1 saturated carbocycles. The monoisotopic (exact) mass is 473 g/mol. The smallest absolute Gasteiger partial charge is 0.272 e. The number of primary amides is 1. The first kappa shape index (κ1) is 24.3. The number of ether oxygens (including phenoxy) is 1. The van der Waals surface area contributed by atoms with Gasteiger partial charge in [0.1, 0.15) is 0 Å². The zero-order chi connectivity index (χ0) is 24.8. The van der Waals surface area contributed by atoms with Crippen molar-refractivity contribution in [1.29, 1.82) is 0 Å². The molecular formula is C27H31N5O3. The number of fused-ring (bicyclic) bond motifs is 2. The molecule has 35 heavy (non-hydrogen) atoms. The Kier molecular flexibility index (Phi) is 7.72. The number of aromatic nitrogens is 4. The van der Waals surface area contributed by atoms with Crippen molar-refractivity contribution in [2.24, 2.45) is 11.7 Å². The van der Waals surface area contributed by atoms with Gasteiger partial charge >= 0.3 is 0 Å². The Morgan fingerprint density at radius 3 is 2.74 bits per heavy atom. The molecule has 0 bridgehead atoms. The number of nitrogens with two attached hydrogens (primary N) is 1. The molecule has 5 rings (SSSR count). The van der Waals surface area contributed by atoms with Crippen LogP contribution in [0.15, 0.2) is 66.2 Å². The molecule has 1 atom stereocenters. The highest BCUT2D eigenvalue weighted by Crippen LogP contribution is 2.36. The number of carbonyl (C=O) groups excluding carboxylic acids is 1. The van der Waals surface area contributed by atoms with E-state index in [-0.39, 0.29) is 5.56 Å². The molecule has 3 heterocycles. The second kappa shape index (κ2) is 11.1. The summed E-state index contributed by atoms with van der Waals surface area (Å²) in [4.78, 5) is 22.8. The molecular weight excluding hydrogens is 442 g/mol. The number of nitrogens with one attached hydrogen (secondary N) is 1. The Morgan fingerprint density at radius 2 is 2.06 bits per heavy atom. The summed E-state index contributed by atoms with van der Waals surface area (Å²) in [6.45, 7) is 6.77. The Hall–Kier alpha value is -3.78. The number of hydrogen-bond donors (Lipinski definition) is 2. The van der Waals surface area contributed by atoms with Gasteiger partial charge in [-0.3, -0.25) is 9.59 Å². The molecule has 1 amide bonds. The van der Waals surface area contributed by atoms with Gasteiger partial charge in [0.15, 0.2) is 0 Å². The SMILES string of the molecule is C=CCOCc1ccc2c(C(N)=O)cnn2c1.C[C@@H](CC1CCC1)c1n[nH]c(=O)c2ccccc12. The molecule has 3 N–H and O–H groups in total. The fourth-order valence-corrected chi connectivity index (χ4v) is 4.41. The average molecular weight is 474 g/mol. The van der Waals surface area contributed by atoms with Crippen LogP contribution in [0.3, 0.4) is 0 Å². The molecule has 4 aromatic rings. The van der Waals surface area contributed by atoms with Crippen molar-refractivity contribution in [3.63, 3.8) is 0 Å². The maximum atomic E-state index is 11.7. The van der Waals surface area contributed by atoms with Gasteiger partial charge in [-0.2, -0.15) is 10.2 Å². The molecule has 1 aliphatic rings. The van der Waals surface area contributed by atoms with Gasteiger partial charge in [-0.05, 0) is 30.0 Å². The third kappa shape index (κ3) is 5.66. The largest absolute Gasteiger partial charge is 0.373 e. The van der Waals surface area contributed by atoms with Crippen LogP contribution in [0.5, 0.6) is 0 Å². The van der Waals surface area contributed by atoms with Crippen molar-refractivity contribution in [3.8, 4) is 0 Å². The van der Waals surface area contributed by atoms with E-state index in [4.69, 9.17) is 10.5 Å². The second-order valence-corrected chi connectivity index (χ2v) is 9.01. The summed E-state index contributed by atoms with van der Waals surface area (Å²) in [6.07, 6.45) is 10.2. The summed E-state index contributed by atoms with van der Waals surface area (Å²) >= 11 is 0. The molecule has 8 heteroatoms. The van der Waals surface area contributed by atoms with Crippen molar-refractivity contribution >= 4 is 22.2 Å². The first-order valence-corrected chi connectivity index (χ1v) is 11.9. The van der Waals surface area contributed by atoms with Crippen molar-refractivity contribution in [2.75, 3.05) is 6.61 Å². The fraction of sp³-hybridized carbons (Fsp3) is 0.333. The van der Waals surface area contributed by atoms with Crippen molar-refractivity contribution in [3.05, 3.63) is 88.6 Å². The molecule has 182 valence electrons. The molecule has 1 fully saturated rings. The number of aromatic amines is 1. The predicted molar refractivity (Wildman–Crippen MR) is 136 cm³/mol. The van der Waals surface area contributed by atoms with Crippen LogP contribution in [-0.4, -0.2) is 32.3 Å². The lowest BCUT2D eigenvalue weighted by Crippen LogP contribution is -2.17. The van der Waals surface area contributed by atoms with Crippen LogP contribution < -0.4 is 11.3 Å². The lowest BCUT2D eigenvalue weighted by molar-refractivity contribution is 0.100. The number of nitrogens with zero attached hydrogens (tertiary/aromatic N) is 3. The molecule has 0 unspecified atom stereocenters. The number of benzene rings is 1. The van der Waals surface area contributed by atoms with E-state index in [0.29, 0.717) is 30.2 Å². The minimum absolute atomic E-state index is 0.0924. The summed E-state index contributed by atoms with van der Waals surface area (Å²) in [7, 11) is 0. The highest BCUT2D eigenvalue weighted by atomic mass is 16.5. The van der Waals surface area contributed by atoms with E-state index in [1.165, 1.54) is 31.9 Å². The summed E-state index contributed by atoms with van der Waals surface area (Å²) in [6, 6.07) is 11.4. The zero-order valence-electron chi connectivity index (χ0n) is 19.9. The van der Waals surface area contributed by atoms with E-state index >= 15 is 0 Å². The number of pyridine rings is 1. The van der Waals surface area contributed by atoms with Crippen LogP contribution in [0.4, 0.5) is 0 Å². The standard InChI is InChI=1S/C15H18N2O.C12H13N3O2/c1-10(9-11-5-4-6-11)14-12-7-2-3-8-13(12)15(18)17-16-14;1-2-5-17-8-9-3-4-11-10(12(13)16)6-14-15(11)7-9/h2-3,7-8,10-11H,4-6,9H2,1H3,(H,17,18);2-4,6-7H,1,5,8H2,(H2,13,16)/t10-;/m0./s1. The molecule has 0 spiro atoms. The summed E-state index contributed by atoms with van der Waals surface area (Å²) < 4.78 is 6.94. The Balaban J connectivity index is 0.000000165. The molecule has 0 radical (unpaired) electrons. The van der Waals surface area contributed by atoms with E-state index in [1.54, 1.807) is 16.7 Å². The summed E-state index contributed by atoms with van der Waals surface area (Å²) in [5.74, 6) is 0.792. The number of carbonyl (C=O) groups is 1. The van der Waals surface area contributed by atoms with Crippen molar-refractivity contribution in [1.82, 2.24) is 19.8 Å². The number of rotatable bonds is 8. The molecule has 1 aromatic carbocycles. The quantitative estimate of drug-likeness (QED) is 0.292. The van der Waals surface area contributed by atoms with Crippen LogP contribution in [0, 0.1) is 5.92 Å². The highest BCUT2D eigenvalue weighted by Gasteiger charge is 2.22. The van der Waals surface area contributed by atoms with Crippen LogP contribution in [0.1, 0.15) is 60.1 Å². The van der Waals surface area contributed by atoms with Gasteiger partial charge in [-0.1, -0.05) is 56.5 Å². The van der Waals surface area contributed by atoms with Crippen LogP contribution in [0.2, 0.25) is 0 Å².